The van der Waals surface area contributed by atoms with E-state index in [1.807, 2.05) is 37.3 Å². The van der Waals surface area contributed by atoms with Crippen LogP contribution in [0.15, 0.2) is 30.3 Å². The minimum atomic E-state index is -0.698. The molecule has 5 nitrogen and oxygen atoms in total. The van der Waals surface area contributed by atoms with E-state index in [1.54, 1.807) is 0 Å². The van der Waals surface area contributed by atoms with E-state index < -0.39 is 12.0 Å². The van der Waals surface area contributed by atoms with Gasteiger partial charge in [0, 0.05) is 12.3 Å². The minimum Gasteiger partial charge on any atom is -0.467 e. The van der Waals surface area contributed by atoms with E-state index in [0.717, 1.165) is 11.8 Å². The summed E-state index contributed by atoms with van der Waals surface area (Å²) >= 11 is 0. The van der Waals surface area contributed by atoms with Gasteiger partial charge in [0.15, 0.2) is 0 Å². The number of methoxy groups -OCH3 is 1. The smallest absolute Gasteiger partial charge is 0.328 e. The first-order valence-electron chi connectivity index (χ1n) is 7.44. The van der Waals surface area contributed by atoms with Crippen LogP contribution in [0.2, 0.25) is 0 Å². The highest BCUT2D eigenvalue weighted by Gasteiger charge is 2.23. The molecule has 5 heteroatoms. The molecule has 1 aromatic carbocycles. The monoisotopic (exact) mass is 305 g/mol. The van der Waals surface area contributed by atoms with Crippen molar-refractivity contribution in [2.24, 2.45) is 5.92 Å². The van der Waals surface area contributed by atoms with Gasteiger partial charge in [-0.3, -0.25) is 4.79 Å². The summed E-state index contributed by atoms with van der Waals surface area (Å²) in [5.74, 6) is -0.919. The summed E-state index contributed by atoms with van der Waals surface area (Å²) in [4.78, 5) is 34.3. The van der Waals surface area contributed by atoms with Crippen LogP contribution < -0.4 is 5.32 Å². The fourth-order valence-corrected chi connectivity index (χ4v) is 2.17. The lowest BCUT2D eigenvalue weighted by atomic mass is 9.99. The molecule has 0 fully saturated rings. The van der Waals surface area contributed by atoms with Crippen LogP contribution in [-0.4, -0.2) is 31.3 Å². The van der Waals surface area contributed by atoms with Crippen LogP contribution >= 0.6 is 0 Å². The number of amides is 1. The maximum Gasteiger partial charge on any atom is 0.328 e. The zero-order chi connectivity index (χ0) is 16.4. The summed E-state index contributed by atoms with van der Waals surface area (Å²) in [5.41, 5.74) is 1.07. The molecule has 1 amide bonds. The zero-order valence-electron chi connectivity index (χ0n) is 13.1. The van der Waals surface area contributed by atoms with E-state index in [0.29, 0.717) is 25.7 Å². The van der Waals surface area contributed by atoms with Gasteiger partial charge in [-0.25, -0.2) is 4.79 Å². The largest absolute Gasteiger partial charge is 0.467 e. The molecule has 120 valence electrons. The highest BCUT2D eigenvalue weighted by atomic mass is 16.5. The SMILES string of the molecule is COC(=O)[C@H](CCCC=O)NC(=O)[C@@H](C)Cc1ccccc1. The second-order valence-electron chi connectivity index (χ2n) is 5.27. The van der Waals surface area contributed by atoms with E-state index in [9.17, 15) is 14.4 Å². The Morgan fingerprint density at radius 3 is 2.55 bits per heavy atom. The van der Waals surface area contributed by atoms with Gasteiger partial charge in [-0.05, 0) is 24.8 Å². The zero-order valence-corrected chi connectivity index (χ0v) is 13.1. The Labute approximate surface area is 131 Å². The van der Waals surface area contributed by atoms with Crippen LogP contribution in [-0.2, 0) is 25.5 Å². The van der Waals surface area contributed by atoms with Crippen molar-refractivity contribution in [1.82, 2.24) is 5.32 Å². The summed E-state index contributed by atoms with van der Waals surface area (Å²) in [5, 5.41) is 2.72. The maximum atomic E-state index is 12.2. The molecule has 0 saturated heterocycles. The normalized spacial score (nSPS) is 13.0. The van der Waals surface area contributed by atoms with Crippen molar-refractivity contribution < 1.29 is 19.1 Å². The summed E-state index contributed by atoms with van der Waals surface area (Å²) in [6.07, 6.45) is 2.71. The van der Waals surface area contributed by atoms with Crippen LogP contribution in [0, 0.1) is 5.92 Å². The predicted octanol–water partition coefficient (Wildman–Crippen LogP) is 1.89. The Morgan fingerprint density at radius 2 is 1.95 bits per heavy atom. The molecule has 0 aliphatic heterocycles. The lowest BCUT2D eigenvalue weighted by molar-refractivity contribution is -0.145. The maximum absolute atomic E-state index is 12.2. The highest BCUT2D eigenvalue weighted by Crippen LogP contribution is 2.10. The fraction of sp³-hybridized carbons (Fsp3) is 0.471. The molecule has 0 saturated carbocycles. The van der Waals surface area contributed by atoms with Gasteiger partial charge in [0.05, 0.1) is 7.11 Å². The number of carbonyl (C=O) groups excluding carboxylic acids is 3. The van der Waals surface area contributed by atoms with Crippen molar-refractivity contribution in [2.45, 2.75) is 38.6 Å². The van der Waals surface area contributed by atoms with Crippen molar-refractivity contribution >= 4 is 18.2 Å². The molecule has 2 atom stereocenters. The first kappa shape index (κ1) is 17.9. The van der Waals surface area contributed by atoms with E-state index in [4.69, 9.17) is 4.74 Å². The van der Waals surface area contributed by atoms with E-state index in [1.165, 1.54) is 7.11 Å². The number of hydrogen-bond donors (Lipinski definition) is 1. The second kappa shape index (κ2) is 9.71. The molecule has 1 aromatic rings. The summed E-state index contributed by atoms with van der Waals surface area (Å²) in [6, 6.07) is 9.01. The number of hydrogen-bond acceptors (Lipinski definition) is 4. The van der Waals surface area contributed by atoms with Gasteiger partial charge >= 0.3 is 5.97 Å². The number of benzene rings is 1. The molecule has 0 heterocycles. The Morgan fingerprint density at radius 1 is 1.27 bits per heavy atom. The standard InChI is InChI=1S/C17H23NO4/c1-13(12-14-8-4-3-5-9-14)16(20)18-15(17(21)22-2)10-6-7-11-19/h3-5,8-9,11,13,15H,6-7,10,12H2,1-2H3,(H,18,20)/t13-,15-/m0/s1. The number of rotatable bonds is 9. The topological polar surface area (TPSA) is 72.5 Å². The quantitative estimate of drug-likeness (QED) is 0.429. The first-order valence-corrected chi connectivity index (χ1v) is 7.44. The summed E-state index contributed by atoms with van der Waals surface area (Å²) in [7, 11) is 1.29. The molecule has 0 aliphatic carbocycles. The molecule has 0 radical (unpaired) electrons. The van der Waals surface area contributed by atoms with Crippen molar-refractivity contribution in [3.05, 3.63) is 35.9 Å². The Bertz CT molecular complexity index is 487. The molecule has 0 aromatic heterocycles. The number of carbonyl (C=O) groups is 3. The Balaban J connectivity index is 2.57. The molecule has 0 bridgehead atoms. The van der Waals surface area contributed by atoms with Gasteiger partial charge < -0.3 is 14.8 Å². The summed E-state index contributed by atoms with van der Waals surface area (Å²) < 4.78 is 4.70. The van der Waals surface area contributed by atoms with Crippen LogP contribution in [0.25, 0.3) is 0 Å². The number of unbranched alkanes of at least 4 members (excludes halogenated alkanes) is 1. The van der Waals surface area contributed by atoms with E-state index >= 15 is 0 Å². The average Bonchev–Trinajstić information content (AvgIpc) is 2.54. The first-order chi connectivity index (χ1) is 10.6. The molecule has 1 rings (SSSR count). The van der Waals surface area contributed by atoms with Crippen LogP contribution in [0.3, 0.4) is 0 Å². The predicted molar refractivity (Wildman–Crippen MR) is 83.2 cm³/mol. The molecule has 0 spiro atoms. The Hall–Kier alpha value is -2.17. The average molecular weight is 305 g/mol. The van der Waals surface area contributed by atoms with Crippen molar-refractivity contribution in [3.63, 3.8) is 0 Å². The van der Waals surface area contributed by atoms with Gasteiger partial charge in [-0.1, -0.05) is 37.3 Å². The minimum absolute atomic E-state index is 0.189. The van der Waals surface area contributed by atoms with Crippen LogP contribution in [0.4, 0.5) is 0 Å². The third-order valence-corrected chi connectivity index (χ3v) is 3.45. The molecule has 1 N–H and O–H groups in total. The summed E-state index contributed by atoms with van der Waals surface area (Å²) in [6.45, 7) is 1.82. The number of ether oxygens (including phenoxy) is 1. The second-order valence-corrected chi connectivity index (χ2v) is 5.27. The fourth-order valence-electron chi connectivity index (χ4n) is 2.17. The highest BCUT2D eigenvalue weighted by molar-refractivity contribution is 5.85. The third kappa shape index (κ3) is 6.08. The van der Waals surface area contributed by atoms with Gasteiger partial charge in [0.1, 0.15) is 12.3 Å². The number of nitrogens with one attached hydrogen (secondary N) is 1. The van der Waals surface area contributed by atoms with Gasteiger partial charge in [0.2, 0.25) is 5.91 Å². The Kier molecular flexibility index (Phi) is 7.89. The number of aldehydes is 1. The molecular formula is C17H23NO4. The molecule has 22 heavy (non-hydrogen) atoms. The van der Waals surface area contributed by atoms with Crippen molar-refractivity contribution in [1.29, 1.82) is 0 Å². The van der Waals surface area contributed by atoms with Crippen LogP contribution in [0.1, 0.15) is 31.7 Å². The lowest BCUT2D eigenvalue weighted by Gasteiger charge is -2.19. The molecule has 0 unspecified atom stereocenters. The van der Waals surface area contributed by atoms with E-state index in [2.05, 4.69) is 5.32 Å². The lowest BCUT2D eigenvalue weighted by Crippen LogP contribution is -2.44. The van der Waals surface area contributed by atoms with Crippen molar-refractivity contribution in [2.75, 3.05) is 7.11 Å². The van der Waals surface area contributed by atoms with Crippen LogP contribution in [0.5, 0.6) is 0 Å². The van der Waals surface area contributed by atoms with Gasteiger partial charge in [-0.15, -0.1) is 0 Å². The van der Waals surface area contributed by atoms with Gasteiger partial charge in [-0.2, -0.15) is 0 Å². The molecular weight excluding hydrogens is 282 g/mol. The van der Waals surface area contributed by atoms with E-state index in [-0.39, 0.29) is 11.8 Å². The van der Waals surface area contributed by atoms with Crippen molar-refractivity contribution in [3.8, 4) is 0 Å². The molecule has 0 aliphatic rings. The number of esters is 1. The van der Waals surface area contributed by atoms with Gasteiger partial charge in [0.25, 0.3) is 0 Å². The third-order valence-electron chi connectivity index (χ3n) is 3.45.